The van der Waals surface area contributed by atoms with Gasteiger partial charge in [0.1, 0.15) is 12.1 Å². The smallest absolute Gasteiger partial charge is 0.167 e. The SMILES string of the molecule is O=CCCCCOc1ccc(F)cc1F. The molecule has 0 saturated carbocycles. The van der Waals surface area contributed by atoms with E-state index in [2.05, 4.69) is 0 Å². The van der Waals surface area contributed by atoms with Gasteiger partial charge in [-0.05, 0) is 25.0 Å². The number of ether oxygens (including phenoxy) is 1. The van der Waals surface area contributed by atoms with Crippen LogP contribution in [0.2, 0.25) is 0 Å². The van der Waals surface area contributed by atoms with Crippen molar-refractivity contribution in [2.45, 2.75) is 19.3 Å². The van der Waals surface area contributed by atoms with E-state index in [0.717, 1.165) is 18.4 Å². The second-order valence-electron chi connectivity index (χ2n) is 3.09. The van der Waals surface area contributed by atoms with Gasteiger partial charge >= 0.3 is 0 Å². The summed E-state index contributed by atoms with van der Waals surface area (Å²) in [5, 5.41) is 0. The van der Waals surface area contributed by atoms with Crippen LogP contribution in [0, 0.1) is 11.6 Å². The molecule has 1 rings (SSSR count). The lowest BCUT2D eigenvalue weighted by Gasteiger charge is -2.06. The number of hydrogen-bond acceptors (Lipinski definition) is 2. The van der Waals surface area contributed by atoms with Crippen LogP contribution >= 0.6 is 0 Å². The molecule has 0 heterocycles. The number of benzene rings is 1. The van der Waals surface area contributed by atoms with Gasteiger partial charge in [0.25, 0.3) is 0 Å². The first-order valence-corrected chi connectivity index (χ1v) is 4.75. The average Bonchev–Trinajstić information content (AvgIpc) is 2.20. The van der Waals surface area contributed by atoms with Gasteiger partial charge in [-0.3, -0.25) is 0 Å². The van der Waals surface area contributed by atoms with E-state index in [1.54, 1.807) is 0 Å². The number of hydrogen-bond donors (Lipinski definition) is 0. The summed E-state index contributed by atoms with van der Waals surface area (Å²) in [5.74, 6) is -1.28. The van der Waals surface area contributed by atoms with Gasteiger partial charge in [0, 0.05) is 12.5 Å². The Balaban J connectivity index is 2.34. The van der Waals surface area contributed by atoms with E-state index in [1.165, 1.54) is 6.07 Å². The quantitative estimate of drug-likeness (QED) is 0.537. The zero-order valence-electron chi connectivity index (χ0n) is 8.21. The summed E-state index contributed by atoms with van der Waals surface area (Å²) in [6.45, 7) is 0.330. The van der Waals surface area contributed by atoms with Crippen molar-refractivity contribution in [2.75, 3.05) is 6.61 Å². The van der Waals surface area contributed by atoms with E-state index in [4.69, 9.17) is 4.74 Å². The third-order valence-corrected chi connectivity index (χ3v) is 1.87. The van der Waals surface area contributed by atoms with Crippen molar-refractivity contribution < 1.29 is 18.3 Å². The summed E-state index contributed by atoms with van der Waals surface area (Å²) in [6, 6.07) is 3.18. The van der Waals surface area contributed by atoms with E-state index in [9.17, 15) is 13.6 Å². The number of carbonyl (C=O) groups excluding carboxylic acids is 1. The standard InChI is InChI=1S/C11H12F2O2/c12-9-4-5-11(10(13)8-9)15-7-3-1-2-6-14/h4-6,8H,1-3,7H2. The molecule has 0 saturated heterocycles. The third-order valence-electron chi connectivity index (χ3n) is 1.87. The summed E-state index contributed by atoms with van der Waals surface area (Å²) >= 11 is 0. The molecule has 0 N–H and O–H groups in total. The molecule has 0 aliphatic rings. The molecule has 82 valence electrons. The number of unbranched alkanes of at least 4 members (excludes halogenated alkanes) is 2. The van der Waals surface area contributed by atoms with Crippen molar-refractivity contribution in [3.8, 4) is 5.75 Å². The Morgan fingerprint density at radius 2 is 2.07 bits per heavy atom. The fourth-order valence-electron chi connectivity index (χ4n) is 1.10. The maximum Gasteiger partial charge on any atom is 0.167 e. The Hall–Kier alpha value is -1.45. The van der Waals surface area contributed by atoms with E-state index >= 15 is 0 Å². The molecule has 0 aromatic heterocycles. The van der Waals surface area contributed by atoms with Gasteiger partial charge in [0.2, 0.25) is 0 Å². The molecule has 0 aliphatic heterocycles. The number of halogens is 2. The van der Waals surface area contributed by atoms with Crippen LogP contribution in [0.25, 0.3) is 0 Å². The lowest BCUT2D eigenvalue weighted by Crippen LogP contribution is -1.99. The molecule has 0 aliphatic carbocycles. The molecule has 1 aromatic rings. The van der Waals surface area contributed by atoms with Crippen LogP contribution in [0.3, 0.4) is 0 Å². The van der Waals surface area contributed by atoms with Crippen LogP contribution in [0.1, 0.15) is 19.3 Å². The van der Waals surface area contributed by atoms with Crippen LogP contribution < -0.4 is 4.74 Å². The van der Waals surface area contributed by atoms with Gasteiger partial charge in [-0.1, -0.05) is 0 Å². The van der Waals surface area contributed by atoms with Crippen molar-refractivity contribution >= 4 is 6.29 Å². The first-order chi connectivity index (χ1) is 7.24. The second-order valence-corrected chi connectivity index (χ2v) is 3.09. The topological polar surface area (TPSA) is 26.3 Å². The summed E-state index contributed by atoms with van der Waals surface area (Å²) in [7, 11) is 0. The highest BCUT2D eigenvalue weighted by atomic mass is 19.1. The van der Waals surface area contributed by atoms with Gasteiger partial charge < -0.3 is 9.53 Å². The first-order valence-electron chi connectivity index (χ1n) is 4.75. The number of carbonyl (C=O) groups is 1. The van der Waals surface area contributed by atoms with Gasteiger partial charge in [-0.25, -0.2) is 8.78 Å². The molecule has 2 nitrogen and oxygen atoms in total. The largest absolute Gasteiger partial charge is 0.491 e. The molecule has 1 aromatic carbocycles. The molecular weight excluding hydrogens is 202 g/mol. The average molecular weight is 214 g/mol. The molecular formula is C11H12F2O2. The number of aldehydes is 1. The van der Waals surface area contributed by atoms with Crippen LogP contribution in [-0.4, -0.2) is 12.9 Å². The van der Waals surface area contributed by atoms with Gasteiger partial charge in [-0.2, -0.15) is 0 Å². The summed E-state index contributed by atoms with van der Waals surface area (Å²) in [6.07, 6.45) is 2.70. The van der Waals surface area contributed by atoms with Gasteiger partial charge in [-0.15, -0.1) is 0 Å². The minimum absolute atomic E-state index is 0.0440. The Labute approximate surface area is 86.9 Å². The molecule has 4 heteroatoms. The zero-order valence-corrected chi connectivity index (χ0v) is 8.21. The van der Waals surface area contributed by atoms with Crippen LogP contribution in [0.4, 0.5) is 8.78 Å². The third kappa shape index (κ3) is 4.06. The molecule has 0 atom stereocenters. The normalized spacial score (nSPS) is 10.0. The Kier molecular flexibility index (Phi) is 4.74. The highest BCUT2D eigenvalue weighted by Crippen LogP contribution is 2.17. The molecule has 0 unspecified atom stereocenters. The van der Waals surface area contributed by atoms with Crippen molar-refractivity contribution in [1.29, 1.82) is 0 Å². The first kappa shape index (κ1) is 11.6. The van der Waals surface area contributed by atoms with Crippen molar-refractivity contribution in [3.63, 3.8) is 0 Å². The van der Waals surface area contributed by atoms with E-state index in [-0.39, 0.29) is 5.75 Å². The Morgan fingerprint density at radius 1 is 1.27 bits per heavy atom. The zero-order chi connectivity index (χ0) is 11.1. The van der Waals surface area contributed by atoms with E-state index in [0.29, 0.717) is 25.9 Å². The fraction of sp³-hybridized carbons (Fsp3) is 0.364. The Bertz CT molecular complexity index is 326. The minimum Gasteiger partial charge on any atom is -0.491 e. The van der Waals surface area contributed by atoms with E-state index in [1.807, 2.05) is 0 Å². The lowest BCUT2D eigenvalue weighted by molar-refractivity contribution is -0.107. The maximum absolute atomic E-state index is 13.0. The summed E-state index contributed by atoms with van der Waals surface area (Å²) in [5.41, 5.74) is 0. The minimum atomic E-state index is -0.703. The van der Waals surface area contributed by atoms with Crippen LogP contribution in [0.5, 0.6) is 5.75 Å². The summed E-state index contributed by atoms with van der Waals surface area (Å²) in [4.78, 5) is 9.99. The fourth-order valence-corrected chi connectivity index (χ4v) is 1.10. The van der Waals surface area contributed by atoms with Gasteiger partial charge in [0.05, 0.1) is 6.61 Å². The Morgan fingerprint density at radius 3 is 2.73 bits per heavy atom. The van der Waals surface area contributed by atoms with Crippen molar-refractivity contribution in [2.24, 2.45) is 0 Å². The highest BCUT2D eigenvalue weighted by molar-refractivity contribution is 5.48. The second kappa shape index (κ2) is 6.11. The maximum atomic E-state index is 13.0. The lowest BCUT2D eigenvalue weighted by atomic mass is 10.2. The molecule has 0 spiro atoms. The predicted octanol–water partition coefficient (Wildman–Crippen LogP) is 2.71. The van der Waals surface area contributed by atoms with Crippen molar-refractivity contribution in [3.05, 3.63) is 29.8 Å². The van der Waals surface area contributed by atoms with E-state index < -0.39 is 11.6 Å². The summed E-state index contributed by atoms with van der Waals surface area (Å²) < 4.78 is 30.6. The van der Waals surface area contributed by atoms with Crippen molar-refractivity contribution in [1.82, 2.24) is 0 Å². The molecule has 0 bridgehead atoms. The monoisotopic (exact) mass is 214 g/mol. The van der Waals surface area contributed by atoms with Gasteiger partial charge in [0.15, 0.2) is 11.6 Å². The van der Waals surface area contributed by atoms with Crippen LogP contribution in [0.15, 0.2) is 18.2 Å². The molecule has 15 heavy (non-hydrogen) atoms. The van der Waals surface area contributed by atoms with Crippen LogP contribution in [-0.2, 0) is 4.79 Å². The predicted molar refractivity (Wildman–Crippen MR) is 51.8 cm³/mol. The highest BCUT2D eigenvalue weighted by Gasteiger charge is 2.03. The molecule has 0 fully saturated rings. The molecule has 0 radical (unpaired) electrons. The number of rotatable bonds is 6. The molecule has 0 amide bonds.